The third-order valence-corrected chi connectivity index (χ3v) is 6.18. The first-order chi connectivity index (χ1) is 15.2. The maximum Gasteiger partial charge on any atom is 0.269 e. The average Bonchev–Trinajstić information content (AvgIpc) is 2.77. The summed E-state index contributed by atoms with van der Waals surface area (Å²) in [5.74, 6) is -2.97. The molecule has 3 rings (SSSR count). The van der Waals surface area contributed by atoms with E-state index in [0.29, 0.717) is 10.9 Å². The predicted octanol–water partition coefficient (Wildman–Crippen LogP) is 2.55. The van der Waals surface area contributed by atoms with Crippen molar-refractivity contribution in [2.24, 2.45) is 5.92 Å². The quantitative estimate of drug-likeness (QED) is 0.304. The normalized spacial score (nSPS) is 12.2. The van der Waals surface area contributed by atoms with Gasteiger partial charge in [0.15, 0.2) is 0 Å². The van der Waals surface area contributed by atoms with Crippen molar-refractivity contribution in [3.05, 3.63) is 82.4 Å². The van der Waals surface area contributed by atoms with Crippen LogP contribution in [0.25, 0.3) is 10.8 Å². The molecule has 0 saturated carbocycles. The molecule has 0 aromatic heterocycles. The Hall–Kier alpha value is -3.79. The Morgan fingerprint density at radius 2 is 1.62 bits per heavy atom. The number of rotatable bonds is 8. The molecular formula is C22H21N3O6S. The topological polar surface area (TPSA) is 135 Å². The zero-order valence-corrected chi connectivity index (χ0v) is 18.0. The number of sulfonamides is 1. The van der Waals surface area contributed by atoms with E-state index in [1.807, 2.05) is 16.9 Å². The molecule has 166 valence electrons. The second kappa shape index (κ2) is 9.56. The van der Waals surface area contributed by atoms with Crippen molar-refractivity contribution < 1.29 is 22.9 Å². The van der Waals surface area contributed by atoms with Gasteiger partial charge in [0.05, 0.1) is 9.82 Å². The number of nitro groups is 1. The molecule has 0 spiro atoms. The van der Waals surface area contributed by atoms with Crippen molar-refractivity contribution >= 4 is 38.3 Å². The van der Waals surface area contributed by atoms with Gasteiger partial charge in [0.1, 0.15) is 5.92 Å². The lowest BCUT2D eigenvalue weighted by atomic mass is 9.97. The lowest BCUT2D eigenvalue weighted by Gasteiger charge is -2.17. The summed E-state index contributed by atoms with van der Waals surface area (Å²) in [5, 5.41) is 14.9. The van der Waals surface area contributed by atoms with Crippen molar-refractivity contribution in [2.45, 2.75) is 18.2 Å². The number of nitro benzene ring substituents is 1. The molecule has 3 aromatic rings. The van der Waals surface area contributed by atoms with Crippen molar-refractivity contribution in [2.75, 3.05) is 6.54 Å². The number of benzene rings is 3. The summed E-state index contributed by atoms with van der Waals surface area (Å²) < 4.78 is 27.6. The van der Waals surface area contributed by atoms with Crippen molar-refractivity contribution in [1.29, 1.82) is 0 Å². The van der Waals surface area contributed by atoms with E-state index in [4.69, 9.17) is 0 Å². The van der Waals surface area contributed by atoms with Gasteiger partial charge in [-0.3, -0.25) is 19.7 Å². The Kier molecular flexibility index (Phi) is 6.84. The maximum absolute atomic E-state index is 12.8. The van der Waals surface area contributed by atoms with Gasteiger partial charge in [0, 0.05) is 18.7 Å². The standard InChI is InChI=1S/C22H21N3O6S/c1-2-23-21(26)20(13-15-7-10-18(11-8-15)25(28)29)22(27)24-32(30,31)19-12-9-16-5-3-4-6-17(16)14-19/h3-12,14,20H,2,13H2,1H3,(H,23,26)(H,24,27). The van der Waals surface area contributed by atoms with Crippen molar-refractivity contribution in [3.8, 4) is 0 Å². The summed E-state index contributed by atoms with van der Waals surface area (Å²) in [7, 11) is -4.22. The van der Waals surface area contributed by atoms with Crippen LogP contribution in [0.5, 0.6) is 0 Å². The monoisotopic (exact) mass is 455 g/mol. The lowest BCUT2D eigenvalue weighted by Crippen LogP contribution is -2.44. The molecule has 0 aliphatic carbocycles. The van der Waals surface area contributed by atoms with Crippen LogP contribution in [0.3, 0.4) is 0 Å². The molecule has 0 aliphatic heterocycles. The Bertz CT molecular complexity index is 1270. The van der Waals surface area contributed by atoms with Gasteiger partial charge in [-0.2, -0.15) is 0 Å². The number of hydrogen-bond donors (Lipinski definition) is 2. The lowest BCUT2D eigenvalue weighted by molar-refractivity contribution is -0.384. The molecule has 0 heterocycles. The molecule has 9 nitrogen and oxygen atoms in total. The van der Waals surface area contributed by atoms with E-state index in [2.05, 4.69) is 5.32 Å². The fraction of sp³-hybridized carbons (Fsp3) is 0.182. The zero-order chi connectivity index (χ0) is 23.3. The van der Waals surface area contributed by atoms with Gasteiger partial charge in [-0.25, -0.2) is 13.1 Å². The molecule has 0 radical (unpaired) electrons. The van der Waals surface area contributed by atoms with Gasteiger partial charge in [0.25, 0.3) is 15.7 Å². The minimum atomic E-state index is -4.22. The Morgan fingerprint density at radius 1 is 0.969 bits per heavy atom. The third-order valence-electron chi connectivity index (χ3n) is 4.84. The minimum absolute atomic E-state index is 0.102. The third kappa shape index (κ3) is 5.27. The van der Waals surface area contributed by atoms with E-state index >= 15 is 0 Å². The minimum Gasteiger partial charge on any atom is -0.356 e. The molecule has 1 atom stereocenters. The fourth-order valence-electron chi connectivity index (χ4n) is 3.19. The highest BCUT2D eigenvalue weighted by molar-refractivity contribution is 7.90. The van der Waals surface area contributed by atoms with Gasteiger partial charge >= 0.3 is 0 Å². The summed E-state index contributed by atoms with van der Waals surface area (Å²) in [6, 6.07) is 17.0. The smallest absolute Gasteiger partial charge is 0.269 e. The van der Waals surface area contributed by atoms with Gasteiger partial charge in [0.2, 0.25) is 11.8 Å². The second-order valence-electron chi connectivity index (χ2n) is 7.05. The first-order valence-electron chi connectivity index (χ1n) is 9.78. The number of carbonyl (C=O) groups excluding carboxylic acids is 2. The van der Waals surface area contributed by atoms with Gasteiger partial charge in [-0.15, -0.1) is 0 Å². The summed E-state index contributed by atoms with van der Waals surface area (Å²) in [5.41, 5.74) is 0.344. The number of carbonyl (C=O) groups is 2. The van der Waals surface area contributed by atoms with E-state index < -0.39 is 32.7 Å². The summed E-state index contributed by atoms with van der Waals surface area (Å²) in [4.78, 5) is 35.5. The molecule has 0 saturated heterocycles. The van der Waals surface area contributed by atoms with E-state index in [9.17, 15) is 28.1 Å². The number of fused-ring (bicyclic) bond motifs is 1. The van der Waals surface area contributed by atoms with Gasteiger partial charge in [-0.1, -0.05) is 42.5 Å². The largest absolute Gasteiger partial charge is 0.356 e. The maximum atomic E-state index is 12.8. The molecule has 0 aliphatic rings. The molecule has 10 heteroatoms. The van der Waals surface area contributed by atoms with Crippen LogP contribution >= 0.6 is 0 Å². The molecule has 0 fully saturated rings. The molecule has 1 unspecified atom stereocenters. The van der Waals surface area contributed by atoms with E-state index in [0.717, 1.165) is 5.39 Å². The van der Waals surface area contributed by atoms with E-state index in [1.165, 1.54) is 36.4 Å². The Balaban J connectivity index is 1.84. The van der Waals surface area contributed by atoms with Crippen molar-refractivity contribution in [3.63, 3.8) is 0 Å². The Labute approximate surface area is 184 Å². The number of amides is 2. The highest BCUT2D eigenvalue weighted by Gasteiger charge is 2.30. The highest BCUT2D eigenvalue weighted by atomic mass is 32.2. The molecule has 2 N–H and O–H groups in total. The molecule has 3 aromatic carbocycles. The fourth-order valence-corrected chi connectivity index (χ4v) is 4.24. The van der Waals surface area contributed by atoms with Gasteiger partial charge < -0.3 is 5.32 Å². The van der Waals surface area contributed by atoms with Crippen LogP contribution in [0, 0.1) is 16.0 Å². The number of non-ortho nitro benzene ring substituents is 1. The average molecular weight is 455 g/mol. The summed E-state index contributed by atoms with van der Waals surface area (Å²) >= 11 is 0. The Morgan fingerprint density at radius 3 is 2.25 bits per heavy atom. The van der Waals surface area contributed by atoms with Crippen LogP contribution < -0.4 is 10.0 Å². The first kappa shape index (κ1) is 22.9. The molecule has 0 bridgehead atoms. The van der Waals surface area contributed by atoms with Crippen LogP contribution in [0.1, 0.15) is 12.5 Å². The van der Waals surface area contributed by atoms with Crippen LogP contribution in [-0.4, -0.2) is 31.7 Å². The second-order valence-corrected chi connectivity index (χ2v) is 8.74. The van der Waals surface area contributed by atoms with Crippen LogP contribution in [0.2, 0.25) is 0 Å². The van der Waals surface area contributed by atoms with E-state index in [-0.39, 0.29) is 23.5 Å². The summed E-state index contributed by atoms with van der Waals surface area (Å²) in [6.45, 7) is 1.92. The van der Waals surface area contributed by atoms with Crippen LogP contribution in [-0.2, 0) is 26.0 Å². The number of nitrogens with zero attached hydrogens (tertiary/aromatic N) is 1. The van der Waals surface area contributed by atoms with Crippen molar-refractivity contribution in [1.82, 2.24) is 10.0 Å². The zero-order valence-electron chi connectivity index (χ0n) is 17.1. The SMILES string of the molecule is CCNC(=O)C(Cc1ccc([N+](=O)[O-])cc1)C(=O)NS(=O)(=O)c1ccc2ccccc2c1. The molecule has 2 amide bonds. The highest BCUT2D eigenvalue weighted by Crippen LogP contribution is 2.20. The predicted molar refractivity (Wildman–Crippen MR) is 118 cm³/mol. The number of nitrogens with one attached hydrogen (secondary N) is 2. The van der Waals surface area contributed by atoms with Gasteiger partial charge in [-0.05, 0) is 41.8 Å². The number of hydrogen-bond acceptors (Lipinski definition) is 6. The van der Waals surface area contributed by atoms with Crippen LogP contribution in [0.4, 0.5) is 5.69 Å². The first-order valence-corrected chi connectivity index (χ1v) is 11.3. The molecular weight excluding hydrogens is 434 g/mol. The summed E-state index contributed by atoms with van der Waals surface area (Å²) in [6.07, 6.45) is -0.122. The van der Waals surface area contributed by atoms with Crippen LogP contribution in [0.15, 0.2) is 71.6 Å². The molecule has 32 heavy (non-hydrogen) atoms. The van der Waals surface area contributed by atoms with E-state index in [1.54, 1.807) is 25.1 Å².